The molecule has 206 valence electrons. The Morgan fingerprint density at radius 2 is 1.68 bits per heavy atom. The maximum absolute atomic E-state index is 13.8. The molecule has 1 aliphatic heterocycles. The van der Waals surface area contributed by atoms with E-state index in [0.29, 0.717) is 60.0 Å². The van der Waals surface area contributed by atoms with E-state index in [2.05, 4.69) is 39.1 Å². The Kier molecular flexibility index (Phi) is 7.95. The monoisotopic (exact) mass is 540 g/mol. The second-order valence-corrected chi connectivity index (χ2v) is 9.25. The zero-order valence-electron chi connectivity index (χ0n) is 23.0. The number of anilines is 2. The third-order valence-corrected chi connectivity index (χ3v) is 6.62. The van der Waals surface area contributed by atoms with E-state index in [1.807, 2.05) is 75.4 Å². The van der Waals surface area contributed by atoms with Crippen molar-refractivity contribution in [2.24, 2.45) is 0 Å². The van der Waals surface area contributed by atoms with Crippen molar-refractivity contribution < 1.29 is 19.0 Å². The van der Waals surface area contributed by atoms with Crippen molar-refractivity contribution in [3.63, 3.8) is 0 Å². The van der Waals surface area contributed by atoms with Crippen molar-refractivity contribution in [3.05, 3.63) is 94.7 Å². The summed E-state index contributed by atoms with van der Waals surface area (Å²) in [6.45, 7) is 9.03. The van der Waals surface area contributed by atoms with Gasteiger partial charge in [0, 0.05) is 5.70 Å². The normalized spacial score (nSPS) is 14.2. The molecule has 1 amide bonds. The summed E-state index contributed by atoms with van der Waals surface area (Å²) in [6.07, 6.45) is 0. The van der Waals surface area contributed by atoms with Crippen LogP contribution >= 0.6 is 0 Å². The molecule has 4 aromatic rings. The van der Waals surface area contributed by atoms with Gasteiger partial charge in [-0.15, -0.1) is 0 Å². The molecule has 2 N–H and O–H groups in total. The lowest BCUT2D eigenvalue weighted by molar-refractivity contribution is -0.113. The molecule has 0 aliphatic carbocycles. The van der Waals surface area contributed by atoms with Crippen LogP contribution in [0.25, 0.3) is 0 Å². The molecule has 0 saturated carbocycles. The second-order valence-electron chi connectivity index (χ2n) is 9.25. The minimum atomic E-state index is -0.616. The zero-order chi connectivity index (χ0) is 28.1. The largest absolute Gasteiger partial charge is 0.492 e. The summed E-state index contributed by atoms with van der Waals surface area (Å²) >= 11 is 0. The SMILES string of the molecule is CCOc1ccccc1NC(=O)C1=C(C)Nc2nnnn2C1c1ccc(OCc2ccccc2C)c(OCC)c1. The lowest BCUT2D eigenvalue weighted by Crippen LogP contribution is -2.31. The number of fused-ring (bicyclic) bond motifs is 1. The molecule has 3 aromatic carbocycles. The molecule has 1 atom stereocenters. The molecule has 40 heavy (non-hydrogen) atoms. The van der Waals surface area contributed by atoms with Gasteiger partial charge in [-0.05, 0) is 79.1 Å². The number of allylic oxidation sites excluding steroid dienone is 1. The maximum Gasteiger partial charge on any atom is 0.255 e. The van der Waals surface area contributed by atoms with E-state index in [1.165, 1.54) is 0 Å². The second kappa shape index (κ2) is 11.9. The number of rotatable bonds is 10. The quantitative estimate of drug-likeness (QED) is 0.279. The van der Waals surface area contributed by atoms with Crippen LogP contribution in [0.4, 0.5) is 11.6 Å². The highest BCUT2D eigenvalue weighted by molar-refractivity contribution is 6.06. The summed E-state index contributed by atoms with van der Waals surface area (Å²) < 4.78 is 19.5. The molecule has 0 radical (unpaired) electrons. The number of amides is 1. The lowest BCUT2D eigenvalue weighted by atomic mass is 9.94. The molecule has 1 aliphatic rings. The van der Waals surface area contributed by atoms with Crippen LogP contribution in [0, 0.1) is 6.92 Å². The van der Waals surface area contributed by atoms with Crippen LogP contribution < -0.4 is 24.8 Å². The standard InChI is InChI=1S/C30H32N6O4/c1-5-38-24-14-10-9-13-23(24)32-29(37)27-20(4)31-30-33-34-35-36(30)28(27)21-15-16-25(26(17-21)39-6-2)40-18-22-12-8-7-11-19(22)3/h7-17,28H,5-6,18H2,1-4H3,(H,32,37)(H,31,33,35). The van der Waals surface area contributed by atoms with Crippen molar-refractivity contribution in [3.8, 4) is 17.2 Å². The number of aryl methyl sites for hydroxylation is 1. The van der Waals surface area contributed by atoms with Gasteiger partial charge in [0.1, 0.15) is 18.4 Å². The number of carbonyl (C=O) groups excluding carboxylic acids is 1. The first-order valence-corrected chi connectivity index (χ1v) is 13.2. The molecule has 5 rings (SSSR count). The Bertz CT molecular complexity index is 1550. The fraction of sp³-hybridized carbons (Fsp3) is 0.267. The molecule has 2 heterocycles. The molecule has 0 spiro atoms. The highest BCUT2D eigenvalue weighted by atomic mass is 16.5. The predicted octanol–water partition coefficient (Wildman–Crippen LogP) is 5.29. The van der Waals surface area contributed by atoms with Crippen LogP contribution in [0.3, 0.4) is 0 Å². The molecule has 0 bridgehead atoms. The summed E-state index contributed by atoms with van der Waals surface area (Å²) in [5.41, 5.74) is 4.68. The van der Waals surface area contributed by atoms with Crippen molar-refractivity contribution in [2.75, 3.05) is 23.8 Å². The van der Waals surface area contributed by atoms with E-state index >= 15 is 0 Å². The number of hydrogen-bond donors (Lipinski definition) is 2. The highest BCUT2D eigenvalue weighted by Gasteiger charge is 2.35. The summed E-state index contributed by atoms with van der Waals surface area (Å²) in [5, 5.41) is 18.3. The number of ether oxygens (including phenoxy) is 3. The van der Waals surface area contributed by atoms with Gasteiger partial charge in [0.05, 0.1) is 24.5 Å². The summed E-state index contributed by atoms with van der Waals surface area (Å²) in [4.78, 5) is 13.8. The Balaban J connectivity index is 1.49. The molecular formula is C30H32N6O4. The lowest BCUT2D eigenvalue weighted by Gasteiger charge is -2.28. The van der Waals surface area contributed by atoms with Gasteiger partial charge in [0.2, 0.25) is 5.95 Å². The third-order valence-electron chi connectivity index (χ3n) is 6.62. The number of nitrogens with zero attached hydrogens (tertiary/aromatic N) is 4. The first-order chi connectivity index (χ1) is 19.5. The van der Waals surface area contributed by atoms with Crippen LogP contribution in [0.2, 0.25) is 0 Å². The van der Waals surface area contributed by atoms with Crippen LogP contribution in [0.5, 0.6) is 17.2 Å². The van der Waals surface area contributed by atoms with Gasteiger partial charge in [-0.2, -0.15) is 4.68 Å². The number of benzene rings is 3. The number of tetrazole rings is 1. The van der Waals surface area contributed by atoms with Crippen LogP contribution in [0.1, 0.15) is 43.5 Å². The minimum Gasteiger partial charge on any atom is -0.492 e. The van der Waals surface area contributed by atoms with Crippen molar-refractivity contribution in [1.82, 2.24) is 20.2 Å². The average Bonchev–Trinajstić information content (AvgIpc) is 3.42. The first kappa shape index (κ1) is 26.7. The molecular weight excluding hydrogens is 508 g/mol. The summed E-state index contributed by atoms with van der Waals surface area (Å²) in [5.74, 6) is 1.90. The van der Waals surface area contributed by atoms with E-state index in [4.69, 9.17) is 14.2 Å². The number of aromatic nitrogens is 4. The Labute approximate surface area is 233 Å². The van der Waals surface area contributed by atoms with Crippen LogP contribution in [-0.2, 0) is 11.4 Å². The molecule has 1 unspecified atom stereocenters. The Morgan fingerprint density at radius 3 is 2.48 bits per heavy atom. The third kappa shape index (κ3) is 5.47. The summed E-state index contributed by atoms with van der Waals surface area (Å²) in [7, 11) is 0. The molecule has 10 heteroatoms. The maximum atomic E-state index is 13.8. The van der Waals surface area contributed by atoms with E-state index in [1.54, 1.807) is 10.7 Å². The van der Waals surface area contributed by atoms with Gasteiger partial charge in [0.15, 0.2) is 11.5 Å². The fourth-order valence-corrected chi connectivity index (χ4v) is 4.67. The molecule has 1 aromatic heterocycles. The van der Waals surface area contributed by atoms with Gasteiger partial charge < -0.3 is 24.8 Å². The van der Waals surface area contributed by atoms with Crippen LogP contribution in [0.15, 0.2) is 78.0 Å². The number of nitrogens with one attached hydrogen (secondary N) is 2. The van der Waals surface area contributed by atoms with Gasteiger partial charge in [0.25, 0.3) is 5.91 Å². The summed E-state index contributed by atoms with van der Waals surface area (Å²) in [6, 6.07) is 20.5. The highest BCUT2D eigenvalue weighted by Crippen LogP contribution is 2.39. The molecule has 0 fully saturated rings. The average molecular weight is 541 g/mol. The Hall–Kier alpha value is -4.86. The van der Waals surface area contributed by atoms with E-state index in [9.17, 15) is 4.79 Å². The van der Waals surface area contributed by atoms with Crippen LogP contribution in [-0.4, -0.2) is 39.3 Å². The number of hydrogen-bond acceptors (Lipinski definition) is 8. The van der Waals surface area contributed by atoms with Crippen molar-refractivity contribution >= 4 is 17.5 Å². The van der Waals surface area contributed by atoms with Gasteiger partial charge in [-0.1, -0.05) is 47.6 Å². The van der Waals surface area contributed by atoms with E-state index < -0.39 is 6.04 Å². The van der Waals surface area contributed by atoms with Gasteiger partial charge in [-0.3, -0.25) is 4.79 Å². The van der Waals surface area contributed by atoms with Gasteiger partial charge in [-0.25, -0.2) is 0 Å². The number of para-hydroxylation sites is 2. The van der Waals surface area contributed by atoms with E-state index in [-0.39, 0.29) is 5.91 Å². The first-order valence-electron chi connectivity index (χ1n) is 13.2. The predicted molar refractivity (Wildman–Crippen MR) is 152 cm³/mol. The van der Waals surface area contributed by atoms with E-state index in [0.717, 1.165) is 16.7 Å². The van der Waals surface area contributed by atoms with Gasteiger partial charge >= 0.3 is 0 Å². The number of carbonyl (C=O) groups is 1. The minimum absolute atomic E-state index is 0.304. The van der Waals surface area contributed by atoms with Crippen molar-refractivity contribution in [2.45, 2.75) is 40.3 Å². The molecule has 0 saturated heterocycles. The molecule has 10 nitrogen and oxygen atoms in total. The Morgan fingerprint density at radius 1 is 0.925 bits per heavy atom. The van der Waals surface area contributed by atoms with Crippen molar-refractivity contribution in [1.29, 1.82) is 0 Å². The smallest absolute Gasteiger partial charge is 0.255 e. The zero-order valence-corrected chi connectivity index (χ0v) is 23.0. The fourth-order valence-electron chi connectivity index (χ4n) is 4.67. The topological polar surface area (TPSA) is 112 Å².